The van der Waals surface area contributed by atoms with Crippen LogP contribution < -0.4 is 21.3 Å². The number of carbonyl (C=O) groups excluding carboxylic acids is 3. The van der Waals surface area contributed by atoms with Gasteiger partial charge in [-0.25, -0.2) is 14.6 Å². The van der Waals surface area contributed by atoms with Crippen LogP contribution in [-0.2, 0) is 33.8 Å². The number of aryl methyl sites for hydroxylation is 1. The van der Waals surface area contributed by atoms with E-state index in [1.54, 1.807) is 36.4 Å². The molecule has 0 bridgehead atoms. The van der Waals surface area contributed by atoms with Crippen molar-refractivity contribution < 1.29 is 24.3 Å². The fourth-order valence-electron chi connectivity index (χ4n) is 3.58. The van der Waals surface area contributed by atoms with E-state index in [1.807, 2.05) is 31.2 Å². The van der Waals surface area contributed by atoms with Gasteiger partial charge in [0, 0.05) is 31.8 Å². The van der Waals surface area contributed by atoms with Crippen molar-refractivity contribution in [2.45, 2.75) is 39.3 Å². The van der Waals surface area contributed by atoms with E-state index in [1.165, 1.54) is 13.1 Å². The Morgan fingerprint density at radius 1 is 0.919 bits per heavy atom. The van der Waals surface area contributed by atoms with Crippen LogP contribution in [-0.4, -0.2) is 39.9 Å². The summed E-state index contributed by atoms with van der Waals surface area (Å²) < 4.78 is 0. The van der Waals surface area contributed by atoms with Gasteiger partial charge in [-0.05, 0) is 41.3 Å². The Balaban J connectivity index is 1.48. The molecule has 1 aromatic heterocycles. The van der Waals surface area contributed by atoms with Crippen molar-refractivity contribution in [2.75, 3.05) is 10.6 Å². The van der Waals surface area contributed by atoms with Gasteiger partial charge < -0.3 is 21.1 Å². The van der Waals surface area contributed by atoms with Crippen molar-refractivity contribution >= 4 is 35.3 Å². The maximum Gasteiger partial charge on any atom is 0.326 e. The smallest absolute Gasteiger partial charge is 0.326 e. The molecule has 5 N–H and O–H groups in total. The third-order valence-corrected chi connectivity index (χ3v) is 5.42. The number of carboxylic acids is 1. The van der Waals surface area contributed by atoms with Crippen LogP contribution in [0.25, 0.3) is 0 Å². The first-order valence-corrected chi connectivity index (χ1v) is 11.6. The molecule has 0 fully saturated rings. The molecule has 4 amide bonds. The number of aliphatic carboxylic acids is 1. The Labute approximate surface area is 214 Å². The van der Waals surface area contributed by atoms with E-state index < -0.39 is 23.9 Å². The maximum absolute atomic E-state index is 12.4. The van der Waals surface area contributed by atoms with E-state index in [0.717, 1.165) is 16.7 Å². The number of nitrogens with zero attached hydrogens (tertiary/aromatic N) is 1. The van der Waals surface area contributed by atoms with Crippen LogP contribution in [0.2, 0.25) is 0 Å². The molecule has 0 aliphatic carbocycles. The lowest BCUT2D eigenvalue weighted by molar-refractivity contribution is -0.141. The van der Waals surface area contributed by atoms with E-state index in [4.69, 9.17) is 0 Å². The molecule has 1 unspecified atom stereocenters. The monoisotopic (exact) mass is 503 g/mol. The Morgan fingerprint density at radius 2 is 1.68 bits per heavy atom. The molecule has 10 heteroatoms. The predicted molar refractivity (Wildman–Crippen MR) is 139 cm³/mol. The van der Waals surface area contributed by atoms with Crippen molar-refractivity contribution in [3.8, 4) is 0 Å². The van der Waals surface area contributed by atoms with Crippen molar-refractivity contribution in [1.29, 1.82) is 0 Å². The SMILES string of the molecule is CC(=O)NC(Cc1cccc(CNC(=O)Cc2ccc(NC(=O)Nc3ccccc3C)nc2)c1)C(=O)O. The van der Waals surface area contributed by atoms with Crippen molar-refractivity contribution in [1.82, 2.24) is 15.6 Å². The highest BCUT2D eigenvalue weighted by molar-refractivity contribution is 5.99. The minimum absolute atomic E-state index is 0.103. The summed E-state index contributed by atoms with van der Waals surface area (Å²) in [6.07, 6.45) is 1.76. The van der Waals surface area contributed by atoms with Gasteiger partial charge in [0.25, 0.3) is 0 Å². The molecule has 0 radical (unpaired) electrons. The fourth-order valence-corrected chi connectivity index (χ4v) is 3.58. The Hall–Kier alpha value is -4.73. The van der Waals surface area contributed by atoms with Crippen LogP contribution in [0.4, 0.5) is 16.3 Å². The first-order valence-electron chi connectivity index (χ1n) is 11.6. The number of rotatable bonds is 10. The number of amides is 4. The summed E-state index contributed by atoms with van der Waals surface area (Å²) in [5.41, 5.74) is 3.85. The van der Waals surface area contributed by atoms with Crippen LogP contribution in [0.15, 0.2) is 66.9 Å². The molecular formula is C27H29N5O5. The summed E-state index contributed by atoms with van der Waals surface area (Å²) in [5, 5.41) is 20.0. The van der Waals surface area contributed by atoms with Crippen LogP contribution in [0.1, 0.15) is 29.2 Å². The average molecular weight is 504 g/mol. The lowest BCUT2D eigenvalue weighted by Crippen LogP contribution is -2.41. The second-order valence-corrected chi connectivity index (χ2v) is 8.51. The van der Waals surface area contributed by atoms with Gasteiger partial charge in [0.15, 0.2) is 0 Å². The van der Waals surface area contributed by atoms with Crippen LogP contribution in [0.5, 0.6) is 0 Å². The molecule has 3 rings (SSSR count). The van der Waals surface area contributed by atoms with Crippen molar-refractivity contribution in [3.63, 3.8) is 0 Å². The molecular weight excluding hydrogens is 474 g/mol. The molecule has 0 saturated heterocycles. The molecule has 1 atom stereocenters. The minimum Gasteiger partial charge on any atom is -0.480 e. The topological polar surface area (TPSA) is 150 Å². The average Bonchev–Trinajstić information content (AvgIpc) is 2.85. The summed E-state index contributed by atoms with van der Waals surface area (Å²) >= 11 is 0. The van der Waals surface area contributed by atoms with E-state index in [-0.39, 0.29) is 25.3 Å². The van der Waals surface area contributed by atoms with Crippen LogP contribution in [0.3, 0.4) is 0 Å². The molecule has 0 saturated carbocycles. The van der Waals surface area contributed by atoms with Gasteiger partial charge in [-0.3, -0.25) is 14.9 Å². The number of carboxylic acid groups (broad SMARTS) is 1. The molecule has 0 spiro atoms. The second kappa shape index (κ2) is 12.8. The first kappa shape index (κ1) is 26.9. The minimum atomic E-state index is -1.12. The van der Waals surface area contributed by atoms with Gasteiger partial charge in [0.1, 0.15) is 11.9 Å². The molecule has 0 aliphatic rings. The van der Waals surface area contributed by atoms with E-state index in [0.29, 0.717) is 17.1 Å². The number of carbonyl (C=O) groups is 4. The summed E-state index contributed by atoms with van der Waals surface area (Å²) in [4.78, 5) is 51.4. The summed E-state index contributed by atoms with van der Waals surface area (Å²) in [6, 6.07) is 16.5. The second-order valence-electron chi connectivity index (χ2n) is 8.51. The molecule has 2 aromatic carbocycles. The number of pyridine rings is 1. The van der Waals surface area contributed by atoms with E-state index >= 15 is 0 Å². The number of nitrogens with one attached hydrogen (secondary N) is 4. The fraction of sp³-hybridized carbons (Fsp3) is 0.222. The largest absolute Gasteiger partial charge is 0.480 e. The normalized spacial score (nSPS) is 11.2. The number of aromatic nitrogens is 1. The summed E-state index contributed by atoms with van der Waals surface area (Å²) in [7, 11) is 0. The molecule has 0 aliphatic heterocycles. The van der Waals surface area contributed by atoms with E-state index in [9.17, 15) is 24.3 Å². The van der Waals surface area contributed by atoms with Gasteiger partial charge in [-0.1, -0.05) is 48.5 Å². The first-order chi connectivity index (χ1) is 17.7. The number of urea groups is 1. The Bertz CT molecular complexity index is 1280. The standard InChI is InChI=1S/C27H29N5O5/c1-17-6-3-4-9-22(17)31-27(37)32-24-11-10-21(15-28-24)14-25(34)29-16-20-8-5-7-19(12-20)13-23(26(35)36)30-18(2)33/h3-12,15,23H,13-14,16H2,1-2H3,(H,29,34)(H,30,33)(H,35,36)(H2,28,31,32,37). The highest BCUT2D eigenvalue weighted by Gasteiger charge is 2.19. The molecule has 3 aromatic rings. The molecule has 192 valence electrons. The maximum atomic E-state index is 12.4. The molecule has 37 heavy (non-hydrogen) atoms. The number of para-hydroxylation sites is 1. The van der Waals surface area contributed by atoms with Gasteiger partial charge in [0.2, 0.25) is 11.8 Å². The van der Waals surface area contributed by atoms with Crippen LogP contribution >= 0.6 is 0 Å². The molecule has 10 nitrogen and oxygen atoms in total. The van der Waals surface area contributed by atoms with Gasteiger partial charge >= 0.3 is 12.0 Å². The van der Waals surface area contributed by atoms with Crippen molar-refractivity contribution in [2.24, 2.45) is 0 Å². The number of hydrogen-bond donors (Lipinski definition) is 5. The number of benzene rings is 2. The third-order valence-electron chi connectivity index (χ3n) is 5.42. The van der Waals surface area contributed by atoms with Gasteiger partial charge in [-0.2, -0.15) is 0 Å². The van der Waals surface area contributed by atoms with Gasteiger partial charge in [-0.15, -0.1) is 0 Å². The summed E-state index contributed by atoms with van der Waals surface area (Å²) in [6.45, 7) is 3.43. The lowest BCUT2D eigenvalue weighted by atomic mass is 10.0. The third kappa shape index (κ3) is 8.77. The lowest BCUT2D eigenvalue weighted by Gasteiger charge is -2.14. The predicted octanol–water partition coefficient (Wildman–Crippen LogP) is 3.02. The highest BCUT2D eigenvalue weighted by Crippen LogP contribution is 2.14. The zero-order valence-corrected chi connectivity index (χ0v) is 20.6. The van der Waals surface area contributed by atoms with Crippen molar-refractivity contribution in [3.05, 3.63) is 89.1 Å². The van der Waals surface area contributed by atoms with Crippen LogP contribution in [0, 0.1) is 6.92 Å². The highest BCUT2D eigenvalue weighted by atomic mass is 16.4. The van der Waals surface area contributed by atoms with Gasteiger partial charge in [0.05, 0.1) is 6.42 Å². The van der Waals surface area contributed by atoms with E-state index in [2.05, 4.69) is 26.3 Å². The summed E-state index contributed by atoms with van der Waals surface area (Å²) in [5.74, 6) is -1.40. The Kier molecular flexibility index (Phi) is 9.31. The number of anilines is 2. The molecule has 1 heterocycles. The zero-order valence-electron chi connectivity index (χ0n) is 20.6. The zero-order chi connectivity index (χ0) is 26.8. The number of hydrogen-bond acceptors (Lipinski definition) is 5. The quantitative estimate of drug-likeness (QED) is 0.287. The Morgan fingerprint density at radius 3 is 2.35 bits per heavy atom.